The van der Waals surface area contributed by atoms with Crippen LogP contribution >= 0.6 is 11.8 Å². The van der Waals surface area contributed by atoms with Gasteiger partial charge in [-0.1, -0.05) is 6.42 Å². The molecule has 1 saturated heterocycles. The van der Waals surface area contributed by atoms with Crippen LogP contribution in [0.3, 0.4) is 0 Å². The number of imide groups is 1. The van der Waals surface area contributed by atoms with Gasteiger partial charge in [-0.15, -0.1) is 0 Å². The maximum absolute atomic E-state index is 11.3. The van der Waals surface area contributed by atoms with Crippen LogP contribution in [0.2, 0.25) is 0 Å². The van der Waals surface area contributed by atoms with Crippen molar-refractivity contribution < 1.29 is 9.59 Å². The number of rotatable bonds is 6. The Balaban J connectivity index is 2.10. The zero-order chi connectivity index (χ0) is 11.1. The summed E-state index contributed by atoms with van der Waals surface area (Å²) in [6.07, 6.45) is 5.93. The number of urea groups is 1. The molecule has 0 unspecified atom stereocenters. The van der Waals surface area contributed by atoms with Gasteiger partial charge in [-0.2, -0.15) is 11.8 Å². The minimum Gasteiger partial charge on any atom is -0.324 e. The molecule has 5 heteroatoms. The Kier molecular flexibility index (Phi) is 5.53. The number of carbonyl (C=O) groups excluding carboxylic acids is 2. The van der Waals surface area contributed by atoms with Crippen LogP contribution in [0.5, 0.6) is 0 Å². The molecule has 0 aromatic heterocycles. The SMILES string of the molecule is CSCCCCCN1CCC(=O)NC1=O. The highest BCUT2D eigenvalue weighted by Gasteiger charge is 2.21. The lowest BCUT2D eigenvalue weighted by Crippen LogP contribution is -2.49. The van der Waals surface area contributed by atoms with Gasteiger partial charge in [-0.05, 0) is 24.9 Å². The van der Waals surface area contributed by atoms with Gasteiger partial charge in [0.25, 0.3) is 0 Å². The number of nitrogens with one attached hydrogen (secondary N) is 1. The summed E-state index contributed by atoms with van der Waals surface area (Å²) in [5.74, 6) is 1.03. The molecule has 1 aliphatic heterocycles. The van der Waals surface area contributed by atoms with E-state index >= 15 is 0 Å². The predicted molar refractivity (Wildman–Crippen MR) is 62.0 cm³/mol. The summed E-state index contributed by atoms with van der Waals surface area (Å²) in [4.78, 5) is 23.9. The largest absolute Gasteiger partial charge is 0.324 e. The van der Waals surface area contributed by atoms with Crippen molar-refractivity contribution in [2.24, 2.45) is 0 Å². The van der Waals surface area contributed by atoms with Crippen molar-refractivity contribution in [1.29, 1.82) is 0 Å². The van der Waals surface area contributed by atoms with Gasteiger partial charge >= 0.3 is 6.03 Å². The molecule has 86 valence electrons. The van der Waals surface area contributed by atoms with Crippen molar-refractivity contribution in [2.45, 2.75) is 25.7 Å². The van der Waals surface area contributed by atoms with Crippen molar-refractivity contribution in [3.63, 3.8) is 0 Å². The third-order valence-corrected chi connectivity index (χ3v) is 3.12. The Morgan fingerprint density at radius 1 is 1.33 bits per heavy atom. The molecule has 1 fully saturated rings. The van der Waals surface area contributed by atoms with E-state index in [1.165, 1.54) is 12.2 Å². The average molecular weight is 230 g/mol. The van der Waals surface area contributed by atoms with Gasteiger partial charge < -0.3 is 4.90 Å². The Labute approximate surface area is 94.8 Å². The summed E-state index contributed by atoms with van der Waals surface area (Å²) in [6, 6.07) is -0.226. The molecular formula is C10H18N2O2S. The zero-order valence-corrected chi connectivity index (χ0v) is 9.94. The standard InChI is InChI=1S/C10H18N2O2S/c1-15-8-4-2-3-6-12-7-5-9(13)11-10(12)14/h2-8H2,1H3,(H,11,13,14). The van der Waals surface area contributed by atoms with E-state index in [2.05, 4.69) is 11.6 Å². The van der Waals surface area contributed by atoms with Crippen molar-refractivity contribution in [1.82, 2.24) is 10.2 Å². The number of nitrogens with zero attached hydrogens (tertiary/aromatic N) is 1. The van der Waals surface area contributed by atoms with Crippen LogP contribution in [0.4, 0.5) is 4.79 Å². The molecule has 0 spiro atoms. The van der Waals surface area contributed by atoms with E-state index in [1.807, 2.05) is 11.8 Å². The summed E-state index contributed by atoms with van der Waals surface area (Å²) in [7, 11) is 0. The molecule has 0 bridgehead atoms. The fourth-order valence-electron chi connectivity index (χ4n) is 1.54. The van der Waals surface area contributed by atoms with Crippen LogP contribution in [0, 0.1) is 0 Å². The van der Waals surface area contributed by atoms with E-state index in [9.17, 15) is 9.59 Å². The maximum Gasteiger partial charge on any atom is 0.324 e. The Morgan fingerprint density at radius 3 is 2.80 bits per heavy atom. The molecule has 1 aliphatic rings. The lowest BCUT2D eigenvalue weighted by atomic mass is 10.2. The van der Waals surface area contributed by atoms with Crippen LogP contribution in [-0.2, 0) is 4.79 Å². The number of thioether (sulfide) groups is 1. The number of hydrogen-bond acceptors (Lipinski definition) is 3. The van der Waals surface area contributed by atoms with E-state index in [1.54, 1.807) is 4.90 Å². The van der Waals surface area contributed by atoms with Crippen LogP contribution in [0.25, 0.3) is 0 Å². The average Bonchev–Trinajstić information content (AvgIpc) is 2.20. The Bertz CT molecular complexity index is 233. The molecule has 1 rings (SSSR count). The van der Waals surface area contributed by atoms with E-state index in [4.69, 9.17) is 0 Å². The molecule has 1 heterocycles. The smallest absolute Gasteiger partial charge is 0.324 e. The maximum atomic E-state index is 11.3. The third kappa shape index (κ3) is 4.55. The number of hydrogen-bond donors (Lipinski definition) is 1. The van der Waals surface area contributed by atoms with Gasteiger partial charge in [-0.25, -0.2) is 4.79 Å². The van der Waals surface area contributed by atoms with E-state index in [0.29, 0.717) is 13.0 Å². The summed E-state index contributed by atoms with van der Waals surface area (Å²) >= 11 is 1.85. The first kappa shape index (κ1) is 12.4. The van der Waals surface area contributed by atoms with Crippen molar-refractivity contribution in [3.8, 4) is 0 Å². The van der Waals surface area contributed by atoms with Crippen molar-refractivity contribution in [3.05, 3.63) is 0 Å². The van der Waals surface area contributed by atoms with Crippen molar-refractivity contribution >= 4 is 23.7 Å². The van der Waals surface area contributed by atoms with E-state index in [0.717, 1.165) is 19.4 Å². The summed E-state index contributed by atoms with van der Waals surface area (Å²) in [5.41, 5.74) is 0. The molecule has 0 atom stereocenters. The first-order valence-electron chi connectivity index (χ1n) is 5.31. The molecule has 0 aromatic carbocycles. The first-order valence-corrected chi connectivity index (χ1v) is 6.71. The minimum atomic E-state index is -0.226. The highest BCUT2D eigenvalue weighted by atomic mass is 32.2. The van der Waals surface area contributed by atoms with Gasteiger partial charge in [0, 0.05) is 19.5 Å². The highest BCUT2D eigenvalue weighted by Crippen LogP contribution is 2.06. The number of unbranched alkanes of at least 4 members (excludes halogenated alkanes) is 2. The lowest BCUT2D eigenvalue weighted by molar-refractivity contribution is -0.121. The highest BCUT2D eigenvalue weighted by molar-refractivity contribution is 7.98. The number of amides is 3. The van der Waals surface area contributed by atoms with Crippen LogP contribution in [-0.4, -0.2) is 41.9 Å². The van der Waals surface area contributed by atoms with Crippen molar-refractivity contribution in [2.75, 3.05) is 25.1 Å². The summed E-state index contributed by atoms with van der Waals surface area (Å²) < 4.78 is 0. The van der Waals surface area contributed by atoms with Crippen LogP contribution < -0.4 is 5.32 Å². The molecule has 3 amide bonds. The fourth-order valence-corrected chi connectivity index (χ4v) is 2.03. The molecule has 4 nitrogen and oxygen atoms in total. The Hall–Kier alpha value is -0.710. The molecule has 0 aromatic rings. The van der Waals surface area contributed by atoms with E-state index < -0.39 is 0 Å². The lowest BCUT2D eigenvalue weighted by Gasteiger charge is -2.26. The fraction of sp³-hybridized carbons (Fsp3) is 0.800. The minimum absolute atomic E-state index is 0.154. The monoisotopic (exact) mass is 230 g/mol. The molecule has 0 radical (unpaired) electrons. The van der Waals surface area contributed by atoms with Gasteiger partial charge in [0.05, 0.1) is 0 Å². The predicted octanol–water partition coefficient (Wildman–Crippen LogP) is 1.46. The summed E-state index contributed by atoms with van der Waals surface area (Å²) in [5, 5.41) is 2.33. The second kappa shape index (κ2) is 6.71. The van der Waals surface area contributed by atoms with Crippen LogP contribution in [0.15, 0.2) is 0 Å². The first-order chi connectivity index (χ1) is 7.24. The molecular weight excluding hydrogens is 212 g/mol. The zero-order valence-electron chi connectivity index (χ0n) is 9.12. The van der Waals surface area contributed by atoms with Gasteiger partial charge in [0.15, 0.2) is 0 Å². The summed E-state index contributed by atoms with van der Waals surface area (Å²) in [6.45, 7) is 1.35. The molecule has 0 aliphatic carbocycles. The molecule has 15 heavy (non-hydrogen) atoms. The molecule has 0 saturated carbocycles. The van der Waals surface area contributed by atoms with E-state index in [-0.39, 0.29) is 11.9 Å². The second-order valence-electron chi connectivity index (χ2n) is 3.64. The van der Waals surface area contributed by atoms with Gasteiger partial charge in [-0.3, -0.25) is 10.1 Å². The van der Waals surface area contributed by atoms with Gasteiger partial charge in [0.1, 0.15) is 0 Å². The van der Waals surface area contributed by atoms with Crippen LogP contribution in [0.1, 0.15) is 25.7 Å². The quantitative estimate of drug-likeness (QED) is 0.703. The Morgan fingerprint density at radius 2 is 2.13 bits per heavy atom. The third-order valence-electron chi connectivity index (χ3n) is 2.42. The normalized spacial score (nSPS) is 16.7. The number of carbonyl (C=O) groups is 2. The molecule has 1 N–H and O–H groups in total. The van der Waals surface area contributed by atoms with Gasteiger partial charge in [0.2, 0.25) is 5.91 Å². The topological polar surface area (TPSA) is 49.4 Å². The second-order valence-corrected chi connectivity index (χ2v) is 4.63.